The van der Waals surface area contributed by atoms with Gasteiger partial charge in [0.05, 0.1) is 41.3 Å². The molecule has 4 amide bonds. The second kappa shape index (κ2) is 10.8. The highest BCUT2D eigenvalue weighted by Gasteiger charge is 2.48. The largest absolute Gasteiger partial charge is 0.463 e. The molecular weight excluding hydrogens is 541 g/mol. The van der Waals surface area contributed by atoms with Crippen LogP contribution in [0.15, 0.2) is 59.8 Å². The number of nitrogens with zero attached hydrogens (tertiary/aromatic N) is 4. The van der Waals surface area contributed by atoms with E-state index in [2.05, 4.69) is 0 Å². The quantitative estimate of drug-likeness (QED) is 0.492. The first-order valence-corrected chi connectivity index (χ1v) is 13.1. The lowest BCUT2D eigenvalue weighted by atomic mass is 9.92. The zero-order valence-corrected chi connectivity index (χ0v) is 22.0. The summed E-state index contributed by atoms with van der Waals surface area (Å²) in [5.74, 6) is -0.992. The Morgan fingerprint density at radius 3 is 2.28 bits per heavy atom. The van der Waals surface area contributed by atoms with E-state index >= 15 is 0 Å². The number of hydrogen-bond acceptors (Lipinski definition) is 7. The minimum atomic E-state index is -4.77. The molecule has 0 radical (unpaired) electrons. The molecule has 0 aromatic heterocycles. The van der Waals surface area contributed by atoms with Gasteiger partial charge in [0, 0.05) is 12.7 Å². The van der Waals surface area contributed by atoms with Crippen LogP contribution in [-0.2, 0) is 25.7 Å². The van der Waals surface area contributed by atoms with Gasteiger partial charge in [0.2, 0.25) is 10.0 Å². The number of carbonyl (C=O) groups excluding carboxylic acids is 3. The molecule has 0 fully saturated rings. The lowest BCUT2D eigenvalue weighted by molar-refractivity contribution is -0.139. The van der Waals surface area contributed by atoms with Crippen molar-refractivity contribution in [1.29, 1.82) is 5.26 Å². The maximum Gasteiger partial charge on any atom is 0.416 e. The van der Waals surface area contributed by atoms with Crippen LogP contribution < -0.4 is 4.90 Å². The second-order valence-electron chi connectivity index (χ2n) is 8.41. The molecular formula is C25H23F3N4O6S. The van der Waals surface area contributed by atoms with Crippen molar-refractivity contribution < 1.29 is 40.7 Å². The minimum absolute atomic E-state index is 0.121. The first kappa shape index (κ1) is 29.2. The molecule has 39 heavy (non-hydrogen) atoms. The number of hydrogen-bond donors (Lipinski definition) is 0. The third-order valence-electron chi connectivity index (χ3n) is 5.91. The fourth-order valence-corrected chi connectivity index (χ4v) is 4.32. The molecule has 1 aliphatic rings. The summed E-state index contributed by atoms with van der Waals surface area (Å²) >= 11 is 0. The Labute approximate surface area is 222 Å². The van der Waals surface area contributed by atoms with Gasteiger partial charge in [0.15, 0.2) is 0 Å². The van der Waals surface area contributed by atoms with Crippen LogP contribution in [-0.4, -0.2) is 55.6 Å². The first-order valence-electron chi connectivity index (χ1n) is 11.3. The zero-order chi connectivity index (χ0) is 29.3. The Morgan fingerprint density at radius 2 is 1.77 bits per heavy atom. The van der Waals surface area contributed by atoms with Crippen LogP contribution in [0.5, 0.6) is 0 Å². The van der Waals surface area contributed by atoms with Crippen molar-refractivity contribution in [1.82, 2.24) is 9.21 Å². The molecule has 0 N–H and O–H groups in total. The standard InChI is InChI=1S/C25H23F3N4O6S/c1-5-38-22(33)20-15(2)31(19-8-6-7-18(13-19)25(26,27)28)24(35)32(23(34)30(3)39(4,36)37)21(20)17-11-9-16(14-29)10-12-17/h6-13,21H,5H2,1-4H3. The van der Waals surface area contributed by atoms with Crippen LogP contribution in [0.4, 0.5) is 28.4 Å². The van der Waals surface area contributed by atoms with E-state index in [-0.39, 0.29) is 39.0 Å². The summed E-state index contributed by atoms with van der Waals surface area (Å²) in [5.41, 5.74) is -1.50. The summed E-state index contributed by atoms with van der Waals surface area (Å²) in [6.07, 6.45) is -4.05. The zero-order valence-electron chi connectivity index (χ0n) is 21.2. The smallest absolute Gasteiger partial charge is 0.416 e. The Morgan fingerprint density at radius 1 is 1.15 bits per heavy atom. The molecule has 0 saturated carbocycles. The number of anilines is 1. The number of sulfonamides is 1. The van der Waals surface area contributed by atoms with Crippen LogP contribution in [0.2, 0.25) is 0 Å². The van der Waals surface area contributed by atoms with Crippen LogP contribution in [0, 0.1) is 11.3 Å². The highest BCUT2D eigenvalue weighted by atomic mass is 32.2. The van der Waals surface area contributed by atoms with Crippen molar-refractivity contribution in [2.45, 2.75) is 26.1 Å². The predicted molar refractivity (Wildman–Crippen MR) is 132 cm³/mol. The topological polar surface area (TPSA) is 128 Å². The van der Waals surface area contributed by atoms with Gasteiger partial charge in [-0.2, -0.15) is 18.4 Å². The molecule has 10 nitrogen and oxygen atoms in total. The number of allylic oxidation sites excluding steroid dienone is 1. The number of benzene rings is 2. The van der Waals surface area contributed by atoms with Gasteiger partial charge >= 0.3 is 24.2 Å². The first-order chi connectivity index (χ1) is 18.1. The normalized spacial score (nSPS) is 16.2. The SMILES string of the molecule is CCOC(=O)C1=C(C)N(c2cccc(C(F)(F)F)c2)C(=O)N(C(=O)N(C)S(C)(=O)=O)C1c1ccc(C#N)cc1. The molecule has 0 spiro atoms. The molecule has 0 saturated heterocycles. The molecule has 1 aliphatic heterocycles. The number of rotatable bonds is 5. The Bertz CT molecular complexity index is 1500. The molecule has 2 aromatic rings. The monoisotopic (exact) mass is 564 g/mol. The summed E-state index contributed by atoms with van der Waals surface area (Å²) in [4.78, 5) is 41.8. The number of alkyl halides is 3. The van der Waals surface area contributed by atoms with Gasteiger partial charge in [0.1, 0.15) is 6.04 Å². The molecule has 14 heteroatoms. The molecule has 2 aromatic carbocycles. The molecule has 1 atom stereocenters. The van der Waals surface area contributed by atoms with Crippen molar-refractivity contribution in [3.8, 4) is 6.07 Å². The van der Waals surface area contributed by atoms with E-state index in [0.717, 1.165) is 24.1 Å². The number of amides is 4. The second-order valence-corrected chi connectivity index (χ2v) is 10.4. The van der Waals surface area contributed by atoms with Gasteiger partial charge in [0.25, 0.3) is 0 Å². The average Bonchev–Trinajstić information content (AvgIpc) is 2.87. The van der Waals surface area contributed by atoms with E-state index in [1.807, 2.05) is 6.07 Å². The number of esters is 1. The molecule has 1 unspecified atom stereocenters. The molecule has 1 heterocycles. The minimum Gasteiger partial charge on any atom is -0.463 e. The highest BCUT2D eigenvalue weighted by Crippen LogP contribution is 2.42. The van der Waals surface area contributed by atoms with Gasteiger partial charge in [-0.25, -0.2) is 32.0 Å². The summed E-state index contributed by atoms with van der Waals surface area (Å²) in [6, 6.07) is 6.90. The van der Waals surface area contributed by atoms with E-state index in [1.165, 1.54) is 44.2 Å². The molecule has 0 bridgehead atoms. The number of imide groups is 1. The third kappa shape index (κ3) is 5.73. The van der Waals surface area contributed by atoms with Crippen LogP contribution in [0.3, 0.4) is 0 Å². The van der Waals surface area contributed by atoms with Crippen molar-refractivity contribution >= 4 is 33.7 Å². The van der Waals surface area contributed by atoms with Crippen LogP contribution in [0.25, 0.3) is 0 Å². The predicted octanol–water partition coefficient (Wildman–Crippen LogP) is 4.41. The van der Waals surface area contributed by atoms with Crippen molar-refractivity contribution in [2.75, 3.05) is 24.8 Å². The number of urea groups is 2. The summed E-state index contributed by atoms with van der Waals surface area (Å²) in [5, 5.41) is 9.16. The Kier molecular flexibility index (Phi) is 8.06. The van der Waals surface area contributed by atoms with Crippen molar-refractivity contribution in [3.05, 3.63) is 76.5 Å². The maximum absolute atomic E-state index is 13.9. The number of carbonyl (C=O) groups is 3. The fourth-order valence-electron chi connectivity index (χ4n) is 3.94. The van der Waals surface area contributed by atoms with Gasteiger partial charge in [-0.3, -0.25) is 4.90 Å². The third-order valence-corrected chi connectivity index (χ3v) is 7.06. The van der Waals surface area contributed by atoms with Gasteiger partial charge in [-0.1, -0.05) is 18.2 Å². The maximum atomic E-state index is 13.9. The summed E-state index contributed by atoms with van der Waals surface area (Å²) in [7, 11) is -3.32. The fraction of sp³-hybridized carbons (Fsp3) is 0.280. The van der Waals surface area contributed by atoms with E-state index in [4.69, 9.17) is 10.00 Å². The van der Waals surface area contributed by atoms with Gasteiger partial charge in [-0.05, 0) is 49.7 Å². The summed E-state index contributed by atoms with van der Waals surface area (Å²) < 4.78 is 70.3. The molecule has 206 valence electrons. The number of halogens is 3. The summed E-state index contributed by atoms with van der Waals surface area (Å²) in [6.45, 7) is 2.68. The lowest BCUT2D eigenvalue weighted by Crippen LogP contribution is -2.57. The number of nitriles is 1. The van der Waals surface area contributed by atoms with Crippen molar-refractivity contribution in [3.63, 3.8) is 0 Å². The van der Waals surface area contributed by atoms with E-state index < -0.39 is 45.8 Å². The number of ether oxygens (including phenoxy) is 1. The average molecular weight is 565 g/mol. The van der Waals surface area contributed by atoms with E-state index in [0.29, 0.717) is 17.2 Å². The molecule has 0 aliphatic carbocycles. The Balaban J connectivity index is 2.38. The van der Waals surface area contributed by atoms with Crippen LogP contribution >= 0.6 is 0 Å². The van der Waals surface area contributed by atoms with Gasteiger partial charge < -0.3 is 4.74 Å². The lowest BCUT2D eigenvalue weighted by Gasteiger charge is -2.42. The van der Waals surface area contributed by atoms with E-state index in [1.54, 1.807) is 0 Å². The molecule has 3 rings (SSSR count). The van der Waals surface area contributed by atoms with E-state index in [9.17, 15) is 36.0 Å². The Hall–Kier alpha value is -4.38. The van der Waals surface area contributed by atoms with Crippen molar-refractivity contribution in [2.24, 2.45) is 0 Å². The highest BCUT2D eigenvalue weighted by molar-refractivity contribution is 7.88. The van der Waals surface area contributed by atoms with Crippen LogP contribution in [0.1, 0.15) is 36.6 Å². The van der Waals surface area contributed by atoms with Gasteiger partial charge in [-0.15, -0.1) is 0 Å².